The van der Waals surface area contributed by atoms with E-state index in [4.69, 9.17) is 21.1 Å². The molecule has 1 atom stereocenters. The van der Waals surface area contributed by atoms with Crippen molar-refractivity contribution >= 4 is 58.1 Å². The second kappa shape index (κ2) is 21.7. The molecule has 0 radical (unpaired) electrons. The van der Waals surface area contributed by atoms with Gasteiger partial charge in [0.05, 0.1) is 39.6 Å². The van der Waals surface area contributed by atoms with Gasteiger partial charge in [-0.15, -0.1) is 0 Å². The first-order chi connectivity index (χ1) is 26.7. The Morgan fingerprint density at radius 3 is 2.56 bits per heavy atom. The number of hydrogen-bond acceptors (Lipinski definition) is 9. The van der Waals surface area contributed by atoms with Crippen molar-refractivity contribution in [1.29, 1.82) is 0 Å². The predicted molar refractivity (Wildman–Crippen MR) is 220 cm³/mol. The Balaban J connectivity index is 0.000000273. The van der Waals surface area contributed by atoms with E-state index in [-0.39, 0.29) is 18.0 Å². The molecule has 3 aromatic carbocycles. The quantitative estimate of drug-likeness (QED) is 0.0898. The Hall–Kier alpha value is -5.17. The number of carbonyl (C=O) groups is 1. The number of ether oxygens (including phenoxy) is 2. The summed E-state index contributed by atoms with van der Waals surface area (Å²) in [7, 11) is 1.88. The maximum absolute atomic E-state index is 14.0. The van der Waals surface area contributed by atoms with Crippen LogP contribution >= 0.6 is 11.6 Å². The Morgan fingerprint density at radius 1 is 1.15 bits per heavy atom. The van der Waals surface area contributed by atoms with Crippen LogP contribution in [0.15, 0.2) is 77.8 Å². The summed E-state index contributed by atoms with van der Waals surface area (Å²) in [5.41, 5.74) is 6.59. The molecule has 4 heterocycles. The summed E-state index contributed by atoms with van der Waals surface area (Å²) in [6.07, 6.45) is 5.45. The fourth-order valence-corrected chi connectivity index (χ4v) is 5.76. The van der Waals surface area contributed by atoms with E-state index in [0.29, 0.717) is 45.5 Å². The highest BCUT2D eigenvalue weighted by atomic mass is 35.5. The maximum Gasteiger partial charge on any atom is 0.214 e. The molecule has 5 aromatic rings. The number of H-pyrrole nitrogens is 1. The van der Waals surface area contributed by atoms with Gasteiger partial charge in [0.2, 0.25) is 5.88 Å². The fraction of sp³-hybridized carbons (Fsp3) is 0.333. The second-order valence-corrected chi connectivity index (χ2v) is 13.0. The third-order valence-electron chi connectivity index (χ3n) is 8.86. The van der Waals surface area contributed by atoms with E-state index in [9.17, 15) is 13.6 Å². The summed E-state index contributed by atoms with van der Waals surface area (Å²) in [5, 5.41) is 13.9. The number of halogens is 3. The molecular formula is C42H50ClF2N7O3. The lowest BCUT2D eigenvalue weighted by Gasteiger charge is -2.26. The van der Waals surface area contributed by atoms with Crippen LogP contribution in [0.5, 0.6) is 5.88 Å². The minimum absolute atomic E-state index is 0.0667. The van der Waals surface area contributed by atoms with E-state index < -0.39 is 5.82 Å². The van der Waals surface area contributed by atoms with Crippen LogP contribution < -0.4 is 15.4 Å². The molecule has 1 fully saturated rings. The second-order valence-electron chi connectivity index (χ2n) is 12.5. The number of aliphatic imine (C=N–C) groups is 1. The summed E-state index contributed by atoms with van der Waals surface area (Å²) in [5.74, 6) is -0.413. The van der Waals surface area contributed by atoms with E-state index in [0.717, 1.165) is 62.0 Å². The summed E-state index contributed by atoms with van der Waals surface area (Å²) in [4.78, 5) is 21.6. The largest absolute Gasteiger partial charge is 0.473 e. The number of benzene rings is 3. The number of rotatable bonds is 11. The third-order valence-corrected chi connectivity index (χ3v) is 9.09. The van der Waals surface area contributed by atoms with Gasteiger partial charge in [-0.2, -0.15) is 5.10 Å². The summed E-state index contributed by atoms with van der Waals surface area (Å²) in [6, 6.07) is 19.3. The summed E-state index contributed by atoms with van der Waals surface area (Å²) >= 11 is 5.82. The van der Waals surface area contributed by atoms with Crippen molar-refractivity contribution in [1.82, 2.24) is 20.1 Å². The average molecular weight is 774 g/mol. The molecule has 2 aliphatic rings. The van der Waals surface area contributed by atoms with Gasteiger partial charge >= 0.3 is 0 Å². The molecule has 10 nitrogen and oxygen atoms in total. The standard InChI is InChI=1S/C27H29ClFN5O.C9H7FN2O.C4H8O.C2H6/c1-30-22-8-9-25(26(17-22)31-2)32-12-15-34-13-10-19(11-14-34)24-4-3-5-27(33-24)35-18-20-6-7-21(28)16-23(20)29;1-5-8-7(12-11-5)3-2-6(4-13)9(8)10;1-4-2-3-5-4;1-2/h3-10,16-17,30,32H,2,11-15,18H2,1H3;2-4H,1H3,(H,11,12);4H,2-3H2,1H3;1-2H3/t;;4-;/m..1./s1. The monoisotopic (exact) mass is 773 g/mol. The third kappa shape index (κ3) is 12.2. The smallest absolute Gasteiger partial charge is 0.214 e. The number of nitrogens with zero attached hydrogens (tertiary/aromatic N) is 4. The Kier molecular flexibility index (Phi) is 16.8. The van der Waals surface area contributed by atoms with Crippen molar-refractivity contribution in [3.05, 3.63) is 112 Å². The molecule has 1 saturated heterocycles. The molecule has 55 heavy (non-hydrogen) atoms. The summed E-state index contributed by atoms with van der Waals surface area (Å²) in [6.45, 7) is 16.1. The molecule has 292 valence electrons. The van der Waals surface area contributed by atoms with Crippen molar-refractivity contribution < 1.29 is 23.0 Å². The molecule has 2 aromatic heterocycles. The van der Waals surface area contributed by atoms with Crippen molar-refractivity contribution in [2.75, 3.05) is 50.5 Å². The van der Waals surface area contributed by atoms with Crippen LogP contribution in [0, 0.1) is 18.6 Å². The number of pyridine rings is 1. The number of fused-ring (bicyclic) bond motifs is 1. The number of nitrogens with one attached hydrogen (secondary N) is 3. The number of hydrogen-bond donors (Lipinski definition) is 3. The molecule has 0 amide bonds. The highest BCUT2D eigenvalue weighted by Gasteiger charge is 2.15. The highest BCUT2D eigenvalue weighted by Crippen LogP contribution is 2.28. The minimum Gasteiger partial charge on any atom is -0.473 e. The van der Waals surface area contributed by atoms with E-state index in [1.54, 1.807) is 31.2 Å². The number of aryl methyl sites for hydroxylation is 1. The van der Waals surface area contributed by atoms with E-state index in [1.807, 2.05) is 51.2 Å². The van der Waals surface area contributed by atoms with Gasteiger partial charge < -0.3 is 20.1 Å². The lowest BCUT2D eigenvalue weighted by Crippen LogP contribution is -2.32. The molecule has 0 bridgehead atoms. The van der Waals surface area contributed by atoms with E-state index in [2.05, 4.69) is 55.4 Å². The topological polar surface area (TPSA) is 117 Å². The van der Waals surface area contributed by atoms with Crippen LogP contribution in [0.4, 0.5) is 25.8 Å². The lowest BCUT2D eigenvalue weighted by molar-refractivity contribution is -0.0375. The molecule has 2 aliphatic heterocycles. The number of anilines is 2. The van der Waals surface area contributed by atoms with Gasteiger partial charge in [0.1, 0.15) is 18.2 Å². The van der Waals surface area contributed by atoms with Crippen molar-refractivity contribution in [3.63, 3.8) is 0 Å². The number of aromatic amines is 1. The Morgan fingerprint density at radius 2 is 1.93 bits per heavy atom. The Bertz CT molecular complexity index is 2050. The minimum atomic E-state index is -0.501. The molecule has 13 heteroatoms. The molecule has 0 saturated carbocycles. The number of aromatic nitrogens is 3. The van der Waals surface area contributed by atoms with Crippen LogP contribution in [0.1, 0.15) is 60.9 Å². The lowest BCUT2D eigenvalue weighted by atomic mass is 10.0. The molecule has 0 aliphatic carbocycles. The fourth-order valence-electron chi connectivity index (χ4n) is 5.60. The predicted octanol–water partition coefficient (Wildman–Crippen LogP) is 9.67. The zero-order valence-corrected chi connectivity index (χ0v) is 32.9. The maximum atomic E-state index is 14.0. The first-order valence-corrected chi connectivity index (χ1v) is 18.7. The van der Waals surface area contributed by atoms with Gasteiger partial charge in [0, 0.05) is 67.9 Å². The first kappa shape index (κ1) is 42.6. The van der Waals surface area contributed by atoms with Crippen LogP contribution in [0.25, 0.3) is 16.5 Å². The zero-order valence-electron chi connectivity index (χ0n) is 32.1. The van der Waals surface area contributed by atoms with Crippen LogP contribution in [0.2, 0.25) is 5.02 Å². The van der Waals surface area contributed by atoms with Crippen LogP contribution in [-0.2, 0) is 11.3 Å². The zero-order chi connectivity index (χ0) is 39.7. The Labute approximate surface area is 327 Å². The molecule has 7 rings (SSSR count). The van der Waals surface area contributed by atoms with Gasteiger partial charge in [-0.05, 0) is 87.5 Å². The van der Waals surface area contributed by atoms with Gasteiger partial charge in [-0.25, -0.2) is 13.8 Å². The van der Waals surface area contributed by atoms with Crippen molar-refractivity contribution in [2.45, 2.75) is 53.2 Å². The average Bonchev–Trinajstić information content (AvgIpc) is 3.59. The van der Waals surface area contributed by atoms with Gasteiger partial charge in [-0.1, -0.05) is 43.7 Å². The van der Waals surface area contributed by atoms with E-state index >= 15 is 0 Å². The van der Waals surface area contributed by atoms with Gasteiger partial charge in [0.25, 0.3) is 0 Å². The normalized spacial score (nSPS) is 14.7. The highest BCUT2D eigenvalue weighted by molar-refractivity contribution is 6.30. The van der Waals surface area contributed by atoms with Crippen LogP contribution in [0.3, 0.4) is 0 Å². The molecular weight excluding hydrogens is 724 g/mol. The van der Waals surface area contributed by atoms with E-state index in [1.165, 1.54) is 24.1 Å². The molecule has 3 N–H and O–H groups in total. The van der Waals surface area contributed by atoms with Gasteiger partial charge in [0.15, 0.2) is 6.29 Å². The van der Waals surface area contributed by atoms with Crippen molar-refractivity contribution in [2.24, 2.45) is 4.99 Å². The number of carbonyl (C=O) groups excluding carboxylic acids is 1. The number of aldehydes is 1. The van der Waals surface area contributed by atoms with Gasteiger partial charge in [-0.3, -0.25) is 19.8 Å². The SMILES string of the molecule is C=Nc1cc(NC)ccc1NCCN1CC=C(c2cccc(OCc3ccc(Cl)cc3F)n2)CC1.CC.C[C@@H]1CCO1.Cc1[nH]nc2ccc(C=O)c(F)c12. The summed E-state index contributed by atoms with van der Waals surface area (Å²) < 4.78 is 38.1. The molecule has 0 spiro atoms. The molecule has 0 unspecified atom stereocenters. The first-order valence-electron chi connectivity index (χ1n) is 18.4. The van der Waals surface area contributed by atoms with Crippen molar-refractivity contribution in [3.8, 4) is 5.88 Å². The van der Waals surface area contributed by atoms with Crippen LogP contribution in [-0.4, -0.2) is 79.0 Å².